The zero-order valence-electron chi connectivity index (χ0n) is 16.2. The van der Waals surface area contributed by atoms with Gasteiger partial charge in [0.05, 0.1) is 24.9 Å². The van der Waals surface area contributed by atoms with Gasteiger partial charge in [0.2, 0.25) is 5.88 Å². The molecule has 1 atom stereocenters. The lowest BCUT2D eigenvalue weighted by Gasteiger charge is -2.32. The minimum absolute atomic E-state index is 0.0727. The molecule has 0 spiro atoms. The molecule has 2 aliphatic heterocycles. The maximum absolute atomic E-state index is 12.7. The zero-order valence-corrected chi connectivity index (χ0v) is 16.2. The Morgan fingerprint density at radius 3 is 2.96 bits per heavy atom. The minimum atomic E-state index is 0.0727. The summed E-state index contributed by atoms with van der Waals surface area (Å²) in [5, 5.41) is 0. The van der Waals surface area contributed by atoms with Crippen molar-refractivity contribution in [1.29, 1.82) is 0 Å². The van der Waals surface area contributed by atoms with Crippen molar-refractivity contribution in [3.63, 3.8) is 0 Å². The van der Waals surface area contributed by atoms with Crippen LogP contribution in [0.15, 0.2) is 18.5 Å². The van der Waals surface area contributed by atoms with Crippen LogP contribution >= 0.6 is 0 Å². The molecule has 7 heteroatoms. The van der Waals surface area contributed by atoms with Gasteiger partial charge in [-0.1, -0.05) is 0 Å². The Morgan fingerprint density at radius 2 is 2.26 bits per heavy atom. The van der Waals surface area contributed by atoms with Crippen molar-refractivity contribution in [2.45, 2.75) is 51.7 Å². The lowest BCUT2D eigenvalue weighted by atomic mass is 9.97. The number of hydrogen-bond donors (Lipinski definition) is 1. The Morgan fingerprint density at radius 1 is 1.41 bits per heavy atom. The third-order valence-electron chi connectivity index (χ3n) is 5.57. The molecule has 1 N–H and O–H groups in total. The molecule has 4 heterocycles. The molecule has 2 aliphatic rings. The first-order chi connectivity index (χ1) is 13.1. The van der Waals surface area contributed by atoms with Gasteiger partial charge in [0.25, 0.3) is 5.91 Å². The van der Waals surface area contributed by atoms with Crippen LogP contribution in [0.3, 0.4) is 0 Å². The second-order valence-electron chi connectivity index (χ2n) is 7.73. The number of imidazole rings is 1. The molecule has 1 saturated heterocycles. The van der Waals surface area contributed by atoms with Crippen molar-refractivity contribution in [3.8, 4) is 5.88 Å². The third-order valence-corrected chi connectivity index (χ3v) is 5.57. The summed E-state index contributed by atoms with van der Waals surface area (Å²) in [6.07, 6.45) is 5.97. The Labute approximate surface area is 159 Å². The highest BCUT2D eigenvalue weighted by Gasteiger charge is 2.32. The van der Waals surface area contributed by atoms with E-state index in [4.69, 9.17) is 4.74 Å². The molecule has 1 amide bonds. The van der Waals surface area contributed by atoms with Gasteiger partial charge < -0.3 is 14.6 Å². The second kappa shape index (κ2) is 7.31. The molecule has 0 aliphatic carbocycles. The van der Waals surface area contributed by atoms with Crippen LogP contribution in [0.4, 0.5) is 0 Å². The van der Waals surface area contributed by atoms with E-state index in [0.29, 0.717) is 18.3 Å². The summed E-state index contributed by atoms with van der Waals surface area (Å²) >= 11 is 0. The van der Waals surface area contributed by atoms with Crippen LogP contribution in [0, 0.1) is 0 Å². The van der Waals surface area contributed by atoms with E-state index in [0.717, 1.165) is 55.1 Å². The normalized spacial score (nSPS) is 20.4. The van der Waals surface area contributed by atoms with Crippen LogP contribution in [0.2, 0.25) is 0 Å². The van der Waals surface area contributed by atoms with Crippen molar-refractivity contribution in [2.24, 2.45) is 0 Å². The van der Waals surface area contributed by atoms with Crippen molar-refractivity contribution < 1.29 is 9.53 Å². The highest BCUT2D eigenvalue weighted by molar-refractivity contribution is 5.98. The van der Waals surface area contributed by atoms with E-state index in [1.165, 1.54) is 0 Å². The molecular weight excluding hydrogens is 342 g/mol. The Kier molecular flexibility index (Phi) is 4.86. The number of aromatic nitrogens is 3. The van der Waals surface area contributed by atoms with E-state index in [1.807, 2.05) is 37.2 Å². The second-order valence-corrected chi connectivity index (χ2v) is 7.73. The highest BCUT2D eigenvalue weighted by atomic mass is 16.5. The average Bonchev–Trinajstić information content (AvgIpc) is 3.30. The van der Waals surface area contributed by atoms with Crippen molar-refractivity contribution in [3.05, 3.63) is 41.1 Å². The number of aromatic amines is 1. The van der Waals surface area contributed by atoms with Crippen molar-refractivity contribution in [2.75, 3.05) is 20.2 Å². The summed E-state index contributed by atoms with van der Waals surface area (Å²) in [6.45, 7) is 7.33. The first kappa shape index (κ1) is 18.0. The first-order valence-electron chi connectivity index (χ1n) is 9.66. The fourth-order valence-electron chi connectivity index (χ4n) is 4.14. The molecule has 2 aromatic rings. The van der Waals surface area contributed by atoms with Gasteiger partial charge in [-0.2, -0.15) is 0 Å². The number of carbonyl (C=O) groups excluding carboxylic acids is 1. The van der Waals surface area contributed by atoms with Crippen LogP contribution in [-0.4, -0.2) is 56.9 Å². The topological polar surface area (TPSA) is 74.3 Å². The van der Waals surface area contributed by atoms with Gasteiger partial charge >= 0.3 is 0 Å². The van der Waals surface area contributed by atoms with E-state index >= 15 is 0 Å². The van der Waals surface area contributed by atoms with E-state index in [9.17, 15) is 4.79 Å². The number of ether oxygens (including phenoxy) is 1. The highest BCUT2D eigenvalue weighted by Crippen LogP contribution is 2.31. The number of likely N-dealkylation sites (tertiary alicyclic amines) is 1. The maximum atomic E-state index is 12.7. The molecule has 0 unspecified atom stereocenters. The molecule has 144 valence electrons. The number of piperidine rings is 1. The number of pyridine rings is 1. The van der Waals surface area contributed by atoms with Crippen LogP contribution < -0.4 is 4.74 Å². The minimum Gasteiger partial charge on any atom is -0.481 e. The largest absolute Gasteiger partial charge is 0.481 e. The smallest absolute Gasteiger partial charge is 0.256 e. The summed E-state index contributed by atoms with van der Waals surface area (Å²) in [6, 6.07) is 2.15. The number of fused-ring (bicyclic) bond motifs is 1. The van der Waals surface area contributed by atoms with Gasteiger partial charge in [0.1, 0.15) is 5.82 Å². The van der Waals surface area contributed by atoms with Gasteiger partial charge in [0.15, 0.2) is 0 Å². The molecule has 4 rings (SSSR count). The lowest BCUT2D eigenvalue weighted by Crippen LogP contribution is -2.34. The maximum Gasteiger partial charge on any atom is 0.256 e. The van der Waals surface area contributed by atoms with Gasteiger partial charge in [-0.05, 0) is 39.3 Å². The molecule has 7 nitrogen and oxygen atoms in total. The lowest BCUT2D eigenvalue weighted by molar-refractivity contribution is 0.0730. The molecule has 2 aromatic heterocycles. The van der Waals surface area contributed by atoms with Gasteiger partial charge in [-0.25, -0.2) is 9.97 Å². The Bertz CT molecular complexity index is 818. The number of nitrogens with one attached hydrogen (secondary N) is 1. The summed E-state index contributed by atoms with van der Waals surface area (Å²) in [7, 11) is 1.65. The first-order valence-corrected chi connectivity index (χ1v) is 9.66. The Balaban J connectivity index is 1.55. The van der Waals surface area contributed by atoms with Crippen molar-refractivity contribution >= 4 is 5.91 Å². The molecule has 0 aromatic carbocycles. The average molecular weight is 369 g/mol. The Hall–Kier alpha value is -2.41. The van der Waals surface area contributed by atoms with Crippen LogP contribution in [-0.2, 0) is 13.1 Å². The molecule has 0 bridgehead atoms. The number of rotatable bonds is 5. The predicted octanol–water partition coefficient (Wildman–Crippen LogP) is 2.56. The quantitative estimate of drug-likeness (QED) is 0.877. The number of H-pyrrole nitrogens is 1. The summed E-state index contributed by atoms with van der Waals surface area (Å²) in [5.41, 5.74) is 2.52. The molecular formula is C20H27N5O2. The molecule has 0 radical (unpaired) electrons. The fourth-order valence-corrected chi connectivity index (χ4v) is 4.14. The van der Waals surface area contributed by atoms with E-state index in [2.05, 4.69) is 19.9 Å². The number of amides is 1. The predicted molar refractivity (Wildman–Crippen MR) is 102 cm³/mol. The van der Waals surface area contributed by atoms with E-state index < -0.39 is 0 Å². The number of methoxy groups -OCH3 is 1. The van der Waals surface area contributed by atoms with E-state index in [-0.39, 0.29) is 11.9 Å². The summed E-state index contributed by atoms with van der Waals surface area (Å²) in [5.74, 6) is 2.18. The standard InChI is InChI=1S/C20H27N5O2/c1-13(2)25-12-17-16(20(25)26)9-15(19(23-17)27-3)11-24-8-4-5-14(10-24)18-21-6-7-22-18/h6-7,9,13-14H,4-5,8,10-12H2,1-3H3,(H,21,22)/t14-/m1/s1. The van der Waals surface area contributed by atoms with Gasteiger partial charge in [-0.15, -0.1) is 0 Å². The third kappa shape index (κ3) is 3.43. The molecule has 27 heavy (non-hydrogen) atoms. The van der Waals surface area contributed by atoms with Crippen LogP contribution in [0.5, 0.6) is 5.88 Å². The van der Waals surface area contributed by atoms with Crippen LogP contribution in [0.1, 0.15) is 60.0 Å². The summed E-state index contributed by atoms with van der Waals surface area (Å²) < 4.78 is 5.56. The van der Waals surface area contributed by atoms with E-state index in [1.54, 1.807) is 7.11 Å². The fraction of sp³-hybridized carbons (Fsp3) is 0.550. The number of nitrogens with zero attached hydrogens (tertiary/aromatic N) is 4. The SMILES string of the molecule is COc1nc2c(cc1CN1CCC[C@@H](c3ncc[nH]3)C1)C(=O)N(C(C)C)C2. The zero-order chi connectivity index (χ0) is 19.0. The van der Waals surface area contributed by atoms with Crippen LogP contribution in [0.25, 0.3) is 0 Å². The molecule has 0 saturated carbocycles. The number of hydrogen-bond acceptors (Lipinski definition) is 5. The van der Waals surface area contributed by atoms with Gasteiger partial charge in [0, 0.05) is 43.0 Å². The summed E-state index contributed by atoms with van der Waals surface area (Å²) in [4.78, 5) is 29.3. The molecule has 1 fully saturated rings. The number of carbonyl (C=O) groups is 1. The monoisotopic (exact) mass is 369 g/mol. The van der Waals surface area contributed by atoms with Crippen molar-refractivity contribution in [1.82, 2.24) is 24.8 Å². The van der Waals surface area contributed by atoms with Gasteiger partial charge in [-0.3, -0.25) is 9.69 Å².